The van der Waals surface area contributed by atoms with Gasteiger partial charge in [0.25, 0.3) is 0 Å². The number of nitrogens with zero attached hydrogens (tertiary/aromatic N) is 2. The Morgan fingerprint density at radius 3 is 2.44 bits per heavy atom. The number of aliphatic carboxylic acids is 1. The number of Topliss-reactive ketones (excluding diaryl/α,β-unsaturated/α-hetero) is 1. The first-order valence-electron chi connectivity index (χ1n) is 11.2. The second-order valence-corrected chi connectivity index (χ2v) is 8.43. The molecular weight excluding hydrogens is 543 g/mol. The van der Waals surface area contributed by atoms with Crippen molar-refractivity contribution in [2.75, 3.05) is 18.5 Å². The summed E-state index contributed by atoms with van der Waals surface area (Å²) in [6, 6.07) is 10.6. The molecule has 0 saturated heterocycles. The van der Waals surface area contributed by atoms with E-state index in [9.17, 15) is 37.9 Å². The van der Waals surface area contributed by atoms with Crippen LogP contribution in [0.3, 0.4) is 0 Å². The molecule has 0 aliphatic carbocycles. The lowest BCUT2D eigenvalue weighted by Gasteiger charge is -2.16. The number of para-hydroxylation sites is 1. The lowest BCUT2D eigenvalue weighted by Crippen LogP contribution is -2.17. The average Bonchev–Trinajstić information content (AvgIpc) is 2.89. The highest BCUT2D eigenvalue weighted by molar-refractivity contribution is 6.33. The third kappa shape index (κ3) is 7.24. The van der Waals surface area contributed by atoms with Crippen LogP contribution in [0, 0.1) is 11.3 Å². The number of ether oxygens (including phenoxy) is 1. The first-order valence-corrected chi connectivity index (χ1v) is 11.6. The largest absolute Gasteiger partial charge is 0.493 e. The van der Waals surface area contributed by atoms with E-state index >= 15 is 0 Å². The number of anilines is 1. The van der Waals surface area contributed by atoms with E-state index in [2.05, 4.69) is 10.3 Å². The molecule has 0 radical (unpaired) electrons. The fraction of sp³-hybridized carbons (Fsp3) is 0.192. The standard InChI is InChI=1S/C26H19ClF3N3O6/c27-19-10-22(39-7-3-6-24(35)36)17(21(34)13-32-20-5-2-1-4-15(20)25(37)38)9-16(19)18-12-33-23(26(28,29)30)8-14(18)11-31/h1-2,4-5,8-10,12,32H,3,6-7,13H2,(H,35,36)(H,37,38). The number of hydrogen-bond donors (Lipinski definition) is 3. The normalized spacial score (nSPS) is 10.9. The van der Waals surface area contributed by atoms with Crippen LogP contribution in [0.1, 0.15) is 44.8 Å². The van der Waals surface area contributed by atoms with Crippen molar-refractivity contribution in [3.63, 3.8) is 0 Å². The lowest BCUT2D eigenvalue weighted by molar-refractivity contribution is -0.141. The Balaban J connectivity index is 2.02. The number of nitriles is 1. The zero-order valence-corrected chi connectivity index (χ0v) is 20.6. The third-order valence-corrected chi connectivity index (χ3v) is 5.68. The van der Waals surface area contributed by atoms with Gasteiger partial charge in [-0.25, -0.2) is 4.79 Å². The van der Waals surface area contributed by atoms with Crippen LogP contribution in [0.2, 0.25) is 5.02 Å². The Bertz CT molecular complexity index is 1470. The van der Waals surface area contributed by atoms with Gasteiger partial charge in [-0.3, -0.25) is 14.6 Å². The van der Waals surface area contributed by atoms with Crippen LogP contribution < -0.4 is 10.1 Å². The molecule has 0 saturated carbocycles. The monoisotopic (exact) mass is 561 g/mol. The number of rotatable bonds is 11. The van der Waals surface area contributed by atoms with Gasteiger partial charge in [0.15, 0.2) is 5.78 Å². The Hall–Kier alpha value is -4.63. The molecule has 0 spiro atoms. The Morgan fingerprint density at radius 1 is 1.08 bits per heavy atom. The van der Waals surface area contributed by atoms with Gasteiger partial charge in [-0.05, 0) is 30.7 Å². The minimum atomic E-state index is -4.79. The van der Waals surface area contributed by atoms with Crippen LogP contribution >= 0.6 is 11.6 Å². The molecule has 39 heavy (non-hydrogen) atoms. The van der Waals surface area contributed by atoms with E-state index in [-0.39, 0.29) is 63.7 Å². The summed E-state index contributed by atoms with van der Waals surface area (Å²) in [6.45, 7) is -0.504. The molecule has 2 aromatic carbocycles. The number of benzene rings is 2. The molecule has 3 N–H and O–H groups in total. The maximum Gasteiger partial charge on any atom is 0.433 e. The lowest BCUT2D eigenvalue weighted by atomic mass is 9.97. The van der Waals surface area contributed by atoms with Gasteiger partial charge in [0, 0.05) is 35.5 Å². The number of aromatic carboxylic acids is 1. The van der Waals surface area contributed by atoms with Crippen LogP contribution in [0.4, 0.5) is 18.9 Å². The number of hydrogen-bond acceptors (Lipinski definition) is 7. The molecule has 0 bridgehead atoms. The Kier molecular flexibility index (Phi) is 9.11. The number of nitrogens with one attached hydrogen (secondary N) is 1. The molecule has 1 heterocycles. The van der Waals surface area contributed by atoms with E-state index < -0.39 is 36.1 Å². The van der Waals surface area contributed by atoms with Gasteiger partial charge in [-0.15, -0.1) is 0 Å². The van der Waals surface area contributed by atoms with Crippen molar-refractivity contribution in [2.45, 2.75) is 19.0 Å². The summed E-state index contributed by atoms with van der Waals surface area (Å²) >= 11 is 6.37. The number of halogens is 4. The average molecular weight is 562 g/mol. The van der Waals surface area contributed by atoms with E-state index in [1.54, 1.807) is 12.1 Å². The van der Waals surface area contributed by atoms with E-state index in [4.69, 9.17) is 21.4 Å². The summed E-state index contributed by atoms with van der Waals surface area (Å²) in [4.78, 5) is 38.9. The second kappa shape index (κ2) is 12.3. The molecule has 0 amide bonds. The summed E-state index contributed by atoms with van der Waals surface area (Å²) in [5.74, 6) is -2.92. The quantitative estimate of drug-likeness (QED) is 0.203. The van der Waals surface area contributed by atoms with Crippen molar-refractivity contribution in [2.24, 2.45) is 0 Å². The first-order chi connectivity index (χ1) is 18.4. The number of alkyl halides is 3. The maximum absolute atomic E-state index is 13.2. The van der Waals surface area contributed by atoms with Crippen molar-refractivity contribution < 1.29 is 42.5 Å². The first kappa shape index (κ1) is 28.9. The molecular formula is C26H19ClF3N3O6. The molecule has 0 atom stereocenters. The van der Waals surface area contributed by atoms with Crippen molar-refractivity contribution in [3.8, 4) is 22.9 Å². The fourth-order valence-corrected chi connectivity index (χ4v) is 3.77. The number of carbonyl (C=O) groups excluding carboxylic acids is 1. The molecule has 202 valence electrons. The van der Waals surface area contributed by atoms with Crippen molar-refractivity contribution >= 4 is 35.0 Å². The highest BCUT2D eigenvalue weighted by Crippen LogP contribution is 2.38. The predicted molar refractivity (Wildman–Crippen MR) is 133 cm³/mol. The zero-order valence-electron chi connectivity index (χ0n) is 19.9. The zero-order chi connectivity index (χ0) is 28.7. The number of pyridine rings is 1. The SMILES string of the molecule is N#Cc1cc(C(F)(F)F)ncc1-c1cc(C(=O)CNc2ccccc2C(=O)O)c(OCCCC(=O)O)cc1Cl. The van der Waals surface area contributed by atoms with Crippen LogP contribution in [0.5, 0.6) is 5.75 Å². The Labute approximate surface area is 224 Å². The van der Waals surface area contributed by atoms with E-state index in [0.717, 1.165) is 6.20 Å². The summed E-state index contributed by atoms with van der Waals surface area (Å²) in [7, 11) is 0. The van der Waals surface area contributed by atoms with Gasteiger partial charge < -0.3 is 20.3 Å². The summed E-state index contributed by atoms with van der Waals surface area (Å²) in [5, 5.41) is 30.3. The summed E-state index contributed by atoms with van der Waals surface area (Å²) < 4.78 is 44.9. The molecule has 1 aromatic heterocycles. The molecule has 3 aromatic rings. The van der Waals surface area contributed by atoms with Crippen molar-refractivity contribution in [3.05, 3.63) is 76.1 Å². The molecule has 9 nitrogen and oxygen atoms in total. The number of carboxylic acid groups (broad SMARTS) is 2. The fourth-order valence-electron chi connectivity index (χ4n) is 3.52. The minimum Gasteiger partial charge on any atom is -0.493 e. The smallest absolute Gasteiger partial charge is 0.433 e. The van der Waals surface area contributed by atoms with Crippen LogP contribution in [-0.4, -0.2) is 46.1 Å². The molecule has 0 aliphatic heterocycles. The van der Waals surface area contributed by atoms with Gasteiger partial charge in [-0.2, -0.15) is 18.4 Å². The maximum atomic E-state index is 13.2. The topological polar surface area (TPSA) is 150 Å². The Morgan fingerprint density at radius 2 is 1.79 bits per heavy atom. The second-order valence-electron chi connectivity index (χ2n) is 8.03. The van der Waals surface area contributed by atoms with Gasteiger partial charge in [0.05, 0.1) is 40.9 Å². The minimum absolute atomic E-state index is 0.0293. The van der Waals surface area contributed by atoms with Crippen molar-refractivity contribution in [1.82, 2.24) is 4.98 Å². The summed E-state index contributed by atoms with van der Waals surface area (Å²) in [6.07, 6.45) is -4.06. The van der Waals surface area contributed by atoms with E-state index in [0.29, 0.717) is 6.07 Å². The van der Waals surface area contributed by atoms with Gasteiger partial charge in [0.1, 0.15) is 11.4 Å². The van der Waals surface area contributed by atoms with Crippen LogP contribution in [0.25, 0.3) is 11.1 Å². The van der Waals surface area contributed by atoms with Gasteiger partial charge >= 0.3 is 18.1 Å². The number of ketones is 1. The number of aromatic nitrogens is 1. The van der Waals surface area contributed by atoms with Gasteiger partial charge in [0.2, 0.25) is 0 Å². The number of carbonyl (C=O) groups is 3. The molecule has 0 unspecified atom stereocenters. The number of carboxylic acids is 2. The van der Waals surface area contributed by atoms with E-state index in [1.807, 2.05) is 0 Å². The van der Waals surface area contributed by atoms with E-state index in [1.165, 1.54) is 30.3 Å². The highest BCUT2D eigenvalue weighted by atomic mass is 35.5. The predicted octanol–water partition coefficient (Wildman–Crippen LogP) is 5.53. The summed E-state index contributed by atoms with van der Waals surface area (Å²) in [5.41, 5.74) is -1.71. The molecule has 0 aliphatic rings. The molecule has 3 rings (SSSR count). The van der Waals surface area contributed by atoms with Crippen LogP contribution in [-0.2, 0) is 11.0 Å². The van der Waals surface area contributed by atoms with Crippen LogP contribution in [0.15, 0.2) is 48.7 Å². The third-order valence-electron chi connectivity index (χ3n) is 5.36. The molecule has 0 fully saturated rings. The molecule has 13 heteroatoms. The van der Waals surface area contributed by atoms with Gasteiger partial charge in [-0.1, -0.05) is 23.7 Å². The highest BCUT2D eigenvalue weighted by Gasteiger charge is 2.33. The van der Waals surface area contributed by atoms with Crippen molar-refractivity contribution in [1.29, 1.82) is 5.26 Å².